The van der Waals surface area contributed by atoms with Crippen LogP contribution in [0.3, 0.4) is 0 Å². The highest BCUT2D eigenvalue weighted by molar-refractivity contribution is 8.00. The molecule has 3 aromatic carbocycles. The molecule has 30 heavy (non-hydrogen) atoms. The first-order chi connectivity index (χ1) is 14.7. The molecule has 0 atom stereocenters. The van der Waals surface area contributed by atoms with Gasteiger partial charge >= 0.3 is 0 Å². The summed E-state index contributed by atoms with van der Waals surface area (Å²) in [5, 5.41) is 3.99. The van der Waals surface area contributed by atoms with E-state index in [1.54, 1.807) is 24.4 Å². The monoisotopic (exact) mass is 421 g/mol. The van der Waals surface area contributed by atoms with Crippen LogP contribution in [0.15, 0.2) is 88.9 Å². The van der Waals surface area contributed by atoms with E-state index in [-0.39, 0.29) is 17.5 Å². The van der Waals surface area contributed by atoms with Crippen molar-refractivity contribution in [2.24, 2.45) is 5.10 Å². The molecular formula is C24H24FN3OS. The van der Waals surface area contributed by atoms with Gasteiger partial charge in [-0.05, 0) is 42.3 Å². The zero-order chi connectivity index (χ0) is 21.2. The van der Waals surface area contributed by atoms with Gasteiger partial charge < -0.3 is 4.90 Å². The smallest absolute Gasteiger partial charge is 0.250 e. The number of carbonyl (C=O) groups is 1. The van der Waals surface area contributed by atoms with Crippen LogP contribution < -0.4 is 10.3 Å². The van der Waals surface area contributed by atoms with Gasteiger partial charge in [0.1, 0.15) is 5.82 Å². The van der Waals surface area contributed by atoms with Gasteiger partial charge in [-0.15, -0.1) is 11.8 Å². The normalized spacial score (nSPS) is 10.9. The van der Waals surface area contributed by atoms with Crippen LogP contribution in [0.25, 0.3) is 0 Å². The Balaban J connectivity index is 1.50. The predicted molar refractivity (Wildman–Crippen MR) is 122 cm³/mol. The summed E-state index contributed by atoms with van der Waals surface area (Å²) in [6.45, 7) is 3.88. The second kappa shape index (κ2) is 11.2. The van der Waals surface area contributed by atoms with Crippen molar-refractivity contribution in [3.63, 3.8) is 0 Å². The van der Waals surface area contributed by atoms with Gasteiger partial charge in [0, 0.05) is 23.7 Å². The molecule has 0 radical (unpaired) electrons. The molecule has 0 aromatic heterocycles. The van der Waals surface area contributed by atoms with Gasteiger partial charge in [0.15, 0.2) is 0 Å². The first kappa shape index (κ1) is 21.6. The van der Waals surface area contributed by atoms with E-state index < -0.39 is 0 Å². The van der Waals surface area contributed by atoms with Crippen LogP contribution in [0.2, 0.25) is 0 Å². The lowest BCUT2D eigenvalue weighted by Crippen LogP contribution is -2.21. The minimum absolute atomic E-state index is 0.0994. The van der Waals surface area contributed by atoms with Gasteiger partial charge in [-0.1, -0.05) is 54.6 Å². The first-order valence-corrected chi connectivity index (χ1v) is 10.7. The third-order valence-corrected chi connectivity index (χ3v) is 5.50. The van der Waals surface area contributed by atoms with Gasteiger partial charge in [-0.3, -0.25) is 4.79 Å². The fraction of sp³-hybridized carbons (Fsp3) is 0.167. The van der Waals surface area contributed by atoms with Crippen LogP contribution in [0.1, 0.15) is 18.1 Å². The Hall–Kier alpha value is -3.12. The molecule has 1 amide bonds. The van der Waals surface area contributed by atoms with Crippen LogP contribution in [0, 0.1) is 5.82 Å². The van der Waals surface area contributed by atoms with Crippen LogP contribution in [-0.2, 0) is 11.3 Å². The number of anilines is 1. The maximum absolute atomic E-state index is 13.6. The molecule has 0 fully saturated rings. The number of benzene rings is 3. The van der Waals surface area contributed by atoms with Gasteiger partial charge in [-0.25, -0.2) is 9.82 Å². The number of amides is 1. The van der Waals surface area contributed by atoms with Crippen LogP contribution in [0.4, 0.5) is 10.1 Å². The fourth-order valence-electron chi connectivity index (χ4n) is 2.88. The van der Waals surface area contributed by atoms with Crippen molar-refractivity contribution in [1.82, 2.24) is 5.43 Å². The highest BCUT2D eigenvalue weighted by Crippen LogP contribution is 2.20. The summed E-state index contributed by atoms with van der Waals surface area (Å²) in [6.07, 6.45) is 1.60. The van der Waals surface area contributed by atoms with Crippen molar-refractivity contribution in [2.45, 2.75) is 18.4 Å². The molecule has 0 unspecified atom stereocenters. The lowest BCUT2D eigenvalue weighted by Gasteiger charge is -2.23. The summed E-state index contributed by atoms with van der Waals surface area (Å²) >= 11 is 1.14. The summed E-state index contributed by atoms with van der Waals surface area (Å²) in [5.41, 5.74) is 5.76. The van der Waals surface area contributed by atoms with E-state index in [0.29, 0.717) is 4.90 Å². The largest absolute Gasteiger partial charge is 0.367 e. The Morgan fingerprint density at radius 3 is 2.43 bits per heavy atom. The SMILES string of the molecule is CCN(Cc1ccccc1)c1ccc(/C=N\NC(=O)CSc2ccccc2F)cc1. The van der Waals surface area contributed by atoms with Gasteiger partial charge in [0.05, 0.1) is 12.0 Å². The van der Waals surface area contributed by atoms with E-state index in [0.717, 1.165) is 36.1 Å². The topological polar surface area (TPSA) is 44.7 Å². The van der Waals surface area contributed by atoms with Crippen molar-refractivity contribution < 1.29 is 9.18 Å². The summed E-state index contributed by atoms with van der Waals surface area (Å²) < 4.78 is 13.6. The number of hydrogen-bond donors (Lipinski definition) is 1. The number of carbonyl (C=O) groups excluding carboxylic acids is 1. The zero-order valence-electron chi connectivity index (χ0n) is 16.8. The van der Waals surface area contributed by atoms with Crippen LogP contribution in [-0.4, -0.2) is 24.4 Å². The number of hydrazone groups is 1. The average molecular weight is 422 g/mol. The van der Waals surface area contributed by atoms with Gasteiger partial charge in [-0.2, -0.15) is 5.10 Å². The molecule has 3 aromatic rings. The van der Waals surface area contributed by atoms with Crippen molar-refractivity contribution in [1.29, 1.82) is 0 Å². The summed E-state index contributed by atoms with van der Waals surface area (Å²) in [7, 11) is 0. The quantitative estimate of drug-likeness (QED) is 0.297. The summed E-state index contributed by atoms with van der Waals surface area (Å²) in [6, 6.07) is 24.8. The maximum atomic E-state index is 13.6. The molecule has 0 spiro atoms. The Morgan fingerprint density at radius 2 is 1.73 bits per heavy atom. The number of rotatable bonds is 9. The molecule has 0 aliphatic carbocycles. The van der Waals surface area contributed by atoms with Crippen LogP contribution >= 0.6 is 11.8 Å². The standard InChI is InChI=1S/C24H24FN3OS/c1-2-28(17-20-8-4-3-5-9-20)21-14-12-19(13-15-21)16-26-27-24(29)18-30-23-11-7-6-10-22(23)25/h3-16H,2,17-18H2,1H3,(H,27,29)/b26-16-. The van der Waals surface area contributed by atoms with Crippen LogP contribution in [0.5, 0.6) is 0 Å². The van der Waals surface area contributed by atoms with Crippen molar-refractivity contribution in [3.05, 3.63) is 95.8 Å². The van der Waals surface area contributed by atoms with E-state index >= 15 is 0 Å². The van der Waals surface area contributed by atoms with Gasteiger partial charge in [0.25, 0.3) is 0 Å². The first-order valence-electron chi connectivity index (χ1n) is 9.74. The molecule has 3 rings (SSSR count). The third-order valence-electron chi connectivity index (χ3n) is 4.45. The Kier molecular flexibility index (Phi) is 8.03. The number of halogens is 1. The molecule has 0 heterocycles. The van der Waals surface area contributed by atoms with Crippen molar-refractivity contribution >= 4 is 29.6 Å². The average Bonchev–Trinajstić information content (AvgIpc) is 2.78. The Bertz CT molecular complexity index is 977. The van der Waals surface area contributed by atoms with E-state index in [2.05, 4.69) is 34.5 Å². The highest BCUT2D eigenvalue weighted by atomic mass is 32.2. The molecule has 4 nitrogen and oxygen atoms in total. The van der Waals surface area contributed by atoms with Crippen molar-refractivity contribution in [3.8, 4) is 0 Å². The molecule has 0 saturated carbocycles. The second-order valence-electron chi connectivity index (χ2n) is 6.60. The van der Waals surface area contributed by atoms with E-state index in [4.69, 9.17) is 0 Å². The molecule has 1 N–H and O–H groups in total. The van der Waals surface area contributed by atoms with E-state index in [1.165, 1.54) is 11.6 Å². The predicted octanol–water partition coefficient (Wildman–Crippen LogP) is 5.09. The lowest BCUT2D eigenvalue weighted by molar-refractivity contribution is -0.118. The molecule has 0 aliphatic heterocycles. The lowest BCUT2D eigenvalue weighted by atomic mass is 10.1. The summed E-state index contributed by atoms with van der Waals surface area (Å²) in [5.74, 6) is -0.509. The number of nitrogens with one attached hydrogen (secondary N) is 1. The molecule has 154 valence electrons. The Morgan fingerprint density at radius 1 is 1.03 bits per heavy atom. The molecule has 0 aliphatic rings. The molecule has 0 saturated heterocycles. The molecule has 6 heteroatoms. The van der Waals surface area contributed by atoms with Gasteiger partial charge in [0.2, 0.25) is 5.91 Å². The highest BCUT2D eigenvalue weighted by Gasteiger charge is 2.06. The fourth-order valence-corrected chi connectivity index (χ4v) is 3.61. The third kappa shape index (κ3) is 6.46. The number of thioether (sulfide) groups is 1. The number of hydrogen-bond acceptors (Lipinski definition) is 4. The summed E-state index contributed by atoms with van der Waals surface area (Å²) in [4.78, 5) is 14.6. The minimum Gasteiger partial charge on any atom is -0.367 e. The van der Waals surface area contributed by atoms with Crippen molar-refractivity contribution in [2.75, 3.05) is 17.2 Å². The Labute approximate surface area is 180 Å². The maximum Gasteiger partial charge on any atom is 0.250 e. The number of nitrogens with zero attached hydrogens (tertiary/aromatic N) is 2. The molecular weight excluding hydrogens is 397 g/mol. The zero-order valence-corrected chi connectivity index (χ0v) is 17.6. The van der Waals surface area contributed by atoms with E-state index in [1.807, 2.05) is 42.5 Å². The molecule has 0 bridgehead atoms. The van der Waals surface area contributed by atoms with E-state index in [9.17, 15) is 9.18 Å². The minimum atomic E-state index is -0.327. The second-order valence-corrected chi connectivity index (χ2v) is 7.62.